The van der Waals surface area contributed by atoms with Gasteiger partial charge in [0.05, 0.1) is 0 Å². The lowest BCUT2D eigenvalue weighted by Gasteiger charge is -2.13. The van der Waals surface area contributed by atoms with Gasteiger partial charge < -0.3 is 9.88 Å². The molecule has 1 N–H and O–H groups in total. The van der Waals surface area contributed by atoms with Gasteiger partial charge in [0.1, 0.15) is 0 Å². The van der Waals surface area contributed by atoms with Crippen LogP contribution in [-0.4, -0.2) is 9.55 Å². The number of anilines is 2. The third-order valence-corrected chi connectivity index (χ3v) is 2.96. The van der Waals surface area contributed by atoms with Crippen molar-refractivity contribution in [3.63, 3.8) is 0 Å². The Morgan fingerprint density at radius 2 is 2.17 bits per heavy atom. The largest absolute Gasteiger partial charge is 0.325 e. The summed E-state index contributed by atoms with van der Waals surface area (Å²) in [6.07, 6.45) is 3.80. The highest BCUT2D eigenvalue weighted by molar-refractivity contribution is 6.30. The van der Waals surface area contributed by atoms with E-state index < -0.39 is 0 Å². The van der Waals surface area contributed by atoms with E-state index in [4.69, 9.17) is 11.6 Å². The molecule has 1 aromatic carbocycles. The van der Waals surface area contributed by atoms with Crippen LogP contribution in [0.15, 0.2) is 30.6 Å². The molecule has 0 fully saturated rings. The van der Waals surface area contributed by atoms with Crippen molar-refractivity contribution < 1.29 is 0 Å². The zero-order valence-electron chi connectivity index (χ0n) is 10.9. The number of rotatable bonds is 4. The summed E-state index contributed by atoms with van der Waals surface area (Å²) in [5.74, 6) is 1.44. The van der Waals surface area contributed by atoms with Crippen molar-refractivity contribution in [2.24, 2.45) is 5.92 Å². The van der Waals surface area contributed by atoms with E-state index >= 15 is 0 Å². The van der Waals surface area contributed by atoms with Gasteiger partial charge in [-0.3, -0.25) is 0 Å². The molecule has 2 aromatic rings. The van der Waals surface area contributed by atoms with E-state index in [0.717, 1.165) is 28.8 Å². The van der Waals surface area contributed by atoms with Gasteiger partial charge in [0.2, 0.25) is 5.95 Å². The lowest BCUT2D eigenvalue weighted by Crippen LogP contribution is -2.07. The minimum Gasteiger partial charge on any atom is -0.325 e. The molecule has 0 spiro atoms. The number of hydrogen-bond acceptors (Lipinski definition) is 2. The molecule has 4 heteroatoms. The number of aromatic nitrogens is 2. The fourth-order valence-corrected chi connectivity index (χ4v) is 2.00. The third kappa shape index (κ3) is 3.05. The number of imidazole rings is 1. The van der Waals surface area contributed by atoms with Gasteiger partial charge in [-0.15, -0.1) is 0 Å². The van der Waals surface area contributed by atoms with Crippen LogP contribution in [0, 0.1) is 12.8 Å². The Morgan fingerprint density at radius 3 is 2.89 bits per heavy atom. The summed E-state index contributed by atoms with van der Waals surface area (Å²) < 4.78 is 2.12. The lowest BCUT2D eigenvalue weighted by molar-refractivity contribution is 0.527. The van der Waals surface area contributed by atoms with Crippen LogP contribution in [0.2, 0.25) is 5.02 Å². The molecule has 1 heterocycles. The van der Waals surface area contributed by atoms with E-state index in [-0.39, 0.29) is 0 Å². The lowest BCUT2D eigenvalue weighted by atomic mass is 10.2. The van der Waals surface area contributed by atoms with Crippen molar-refractivity contribution in [1.29, 1.82) is 0 Å². The van der Waals surface area contributed by atoms with Crippen molar-refractivity contribution in [3.8, 4) is 0 Å². The maximum atomic E-state index is 6.01. The predicted octanol–water partition coefficient (Wildman–Crippen LogP) is 4.24. The predicted molar refractivity (Wildman–Crippen MR) is 76.5 cm³/mol. The second-order valence-electron chi connectivity index (χ2n) is 4.88. The Bertz CT molecular complexity index is 532. The molecule has 0 aliphatic heterocycles. The summed E-state index contributed by atoms with van der Waals surface area (Å²) in [5, 5.41) is 4.06. The van der Waals surface area contributed by atoms with Gasteiger partial charge in [-0.2, -0.15) is 0 Å². The van der Waals surface area contributed by atoms with Gasteiger partial charge >= 0.3 is 0 Å². The summed E-state index contributed by atoms with van der Waals surface area (Å²) in [5.41, 5.74) is 2.15. The zero-order chi connectivity index (χ0) is 13.1. The van der Waals surface area contributed by atoms with Crippen LogP contribution >= 0.6 is 11.6 Å². The van der Waals surface area contributed by atoms with Crippen LogP contribution in [0.5, 0.6) is 0 Å². The van der Waals surface area contributed by atoms with Gasteiger partial charge in [-0.05, 0) is 30.5 Å². The van der Waals surface area contributed by atoms with Crippen LogP contribution in [0.4, 0.5) is 11.6 Å². The first kappa shape index (κ1) is 13.0. The standard InChI is InChI=1S/C14H18ClN3/c1-10(2)9-18-7-6-16-14(18)17-13-8-12(15)5-4-11(13)3/h4-8,10H,9H2,1-3H3,(H,16,17). The quantitative estimate of drug-likeness (QED) is 0.894. The van der Waals surface area contributed by atoms with Crippen LogP contribution in [0.3, 0.4) is 0 Å². The van der Waals surface area contributed by atoms with Gasteiger partial charge in [0, 0.05) is 29.6 Å². The van der Waals surface area contributed by atoms with Crippen molar-refractivity contribution >= 4 is 23.2 Å². The van der Waals surface area contributed by atoms with Crippen molar-refractivity contribution in [1.82, 2.24) is 9.55 Å². The second kappa shape index (κ2) is 5.44. The summed E-state index contributed by atoms with van der Waals surface area (Å²) in [6, 6.07) is 5.81. The minimum atomic E-state index is 0.584. The van der Waals surface area contributed by atoms with Gasteiger partial charge in [0.25, 0.3) is 0 Å². The summed E-state index contributed by atoms with van der Waals surface area (Å²) >= 11 is 6.01. The van der Waals surface area contributed by atoms with Gasteiger partial charge in [-0.1, -0.05) is 31.5 Å². The summed E-state index contributed by atoms with van der Waals surface area (Å²) in [7, 11) is 0. The Morgan fingerprint density at radius 1 is 1.39 bits per heavy atom. The van der Waals surface area contributed by atoms with E-state index in [1.807, 2.05) is 37.5 Å². The first-order valence-corrected chi connectivity index (χ1v) is 6.48. The summed E-state index contributed by atoms with van der Waals surface area (Å²) in [4.78, 5) is 4.34. The SMILES string of the molecule is Cc1ccc(Cl)cc1Nc1nccn1CC(C)C. The monoisotopic (exact) mass is 263 g/mol. The molecular weight excluding hydrogens is 246 g/mol. The molecule has 2 rings (SSSR count). The topological polar surface area (TPSA) is 29.9 Å². The highest BCUT2D eigenvalue weighted by atomic mass is 35.5. The van der Waals surface area contributed by atoms with E-state index in [1.54, 1.807) is 0 Å². The van der Waals surface area contributed by atoms with Crippen molar-refractivity contribution in [3.05, 3.63) is 41.2 Å². The van der Waals surface area contributed by atoms with Gasteiger partial charge in [0.15, 0.2) is 0 Å². The Balaban J connectivity index is 2.23. The molecule has 96 valence electrons. The number of nitrogens with zero attached hydrogens (tertiary/aromatic N) is 2. The van der Waals surface area contributed by atoms with Crippen LogP contribution in [0.25, 0.3) is 0 Å². The molecule has 18 heavy (non-hydrogen) atoms. The van der Waals surface area contributed by atoms with E-state index in [2.05, 4.69) is 28.7 Å². The fraction of sp³-hybridized carbons (Fsp3) is 0.357. The van der Waals surface area contributed by atoms with E-state index in [9.17, 15) is 0 Å². The number of benzene rings is 1. The van der Waals surface area contributed by atoms with Gasteiger partial charge in [-0.25, -0.2) is 4.98 Å². The van der Waals surface area contributed by atoms with E-state index in [1.165, 1.54) is 0 Å². The highest BCUT2D eigenvalue weighted by Gasteiger charge is 2.06. The molecule has 0 aliphatic rings. The maximum absolute atomic E-state index is 6.01. The zero-order valence-corrected chi connectivity index (χ0v) is 11.7. The molecule has 0 bridgehead atoms. The molecule has 1 aromatic heterocycles. The third-order valence-electron chi connectivity index (χ3n) is 2.72. The maximum Gasteiger partial charge on any atom is 0.207 e. The Kier molecular flexibility index (Phi) is 3.92. The molecule has 0 saturated carbocycles. The molecule has 0 atom stereocenters. The number of nitrogens with one attached hydrogen (secondary N) is 1. The molecule has 0 saturated heterocycles. The number of halogens is 1. The normalized spacial score (nSPS) is 10.9. The minimum absolute atomic E-state index is 0.584. The Hall–Kier alpha value is -1.48. The summed E-state index contributed by atoms with van der Waals surface area (Å²) in [6.45, 7) is 7.37. The van der Waals surface area contributed by atoms with Crippen LogP contribution in [0.1, 0.15) is 19.4 Å². The average molecular weight is 264 g/mol. The molecule has 3 nitrogen and oxygen atoms in total. The fourth-order valence-electron chi connectivity index (χ4n) is 1.82. The molecule has 0 radical (unpaired) electrons. The molecule has 0 amide bonds. The molecule has 0 aliphatic carbocycles. The number of hydrogen-bond donors (Lipinski definition) is 1. The number of aryl methyl sites for hydroxylation is 1. The molecule has 0 unspecified atom stereocenters. The van der Waals surface area contributed by atoms with Crippen molar-refractivity contribution in [2.45, 2.75) is 27.3 Å². The first-order chi connectivity index (χ1) is 8.56. The van der Waals surface area contributed by atoms with E-state index in [0.29, 0.717) is 5.92 Å². The first-order valence-electron chi connectivity index (χ1n) is 6.10. The second-order valence-corrected chi connectivity index (χ2v) is 5.32. The van der Waals surface area contributed by atoms with Crippen LogP contribution < -0.4 is 5.32 Å². The molecular formula is C14H18ClN3. The highest BCUT2D eigenvalue weighted by Crippen LogP contribution is 2.23. The smallest absolute Gasteiger partial charge is 0.207 e. The van der Waals surface area contributed by atoms with Crippen molar-refractivity contribution in [2.75, 3.05) is 5.32 Å². The average Bonchev–Trinajstić information content (AvgIpc) is 2.70. The van der Waals surface area contributed by atoms with Crippen LogP contribution in [-0.2, 0) is 6.54 Å². The Labute approximate surface area is 113 Å².